The molecule has 0 radical (unpaired) electrons. The average Bonchev–Trinajstić information content (AvgIpc) is 2.45. The van der Waals surface area contributed by atoms with E-state index in [1.165, 1.54) is 11.1 Å². The first-order valence-corrected chi connectivity index (χ1v) is 7.14. The minimum atomic E-state index is -0.0190. The van der Waals surface area contributed by atoms with Crippen molar-refractivity contribution in [2.24, 2.45) is 5.73 Å². The van der Waals surface area contributed by atoms with Crippen molar-refractivity contribution in [3.8, 4) is 5.75 Å². The van der Waals surface area contributed by atoms with Crippen molar-refractivity contribution >= 4 is 0 Å². The normalized spacial score (nSPS) is 12.4. The Hall–Kier alpha value is -1.80. The minimum Gasteiger partial charge on any atom is -0.489 e. The summed E-state index contributed by atoms with van der Waals surface area (Å²) in [4.78, 5) is 0. The first kappa shape index (κ1) is 14.6. The number of hydrogen-bond acceptors (Lipinski definition) is 2. The summed E-state index contributed by atoms with van der Waals surface area (Å²) in [6.45, 7) is 6.94. The maximum Gasteiger partial charge on any atom is 0.124 e. The monoisotopic (exact) mass is 269 g/mol. The molecule has 2 nitrogen and oxygen atoms in total. The van der Waals surface area contributed by atoms with Gasteiger partial charge in [-0.3, -0.25) is 0 Å². The summed E-state index contributed by atoms with van der Waals surface area (Å²) in [6, 6.07) is 16.5. The van der Waals surface area contributed by atoms with Crippen LogP contribution in [-0.2, 0) is 6.61 Å². The largest absolute Gasteiger partial charge is 0.489 e. The fraction of sp³-hybridized carbons (Fsp3) is 0.333. The molecule has 0 aliphatic heterocycles. The highest BCUT2D eigenvalue weighted by molar-refractivity contribution is 5.35. The first-order valence-electron chi connectivity index (χ1n) is 7.14. The van der Waals surface area contributed by atoms with Gasteiger partial charge in [-0.1, -0.05) is 56.3 Å². The second-order valence-electron chi connectivity index (χ2n) is 5.51. The molecular formula is C18H23NO. The Bertz CT molecular complexity index is 544. The Kier molecular flexibility index (Phi) is 4.80. The zero-order valence-corrected chi connectivity index (χ0v) is 12.5. The Morgan fingerprint density at radius 3 is 2.20 bits per heavy atom. The molecule has 0 heterocycles. The van der Waals surface area contributed by atoms with Gasteiger partial charge in [0.2, 0.25) is 0 Å². The smallest absolute Gasteiger partial charge is 0.124 e. The van der Waals surface area contributed by atoms with Crippen LogP contribution in [0.25, 0.3) is 0 Å². The van der Waals surface area contributed by atoms with Crippen molar-refractivity contribution in [2.45, 2.75) is 39.3 Å². The van der Waals surface area contributed by atoms with Crippen LogP contribution < -0.4 is 10.5 Å². The topological polar surface area (TPSA) is 35.2 Å². The van der Waals surface area contributed by atoms with E-state index in [0.717, 1.165) is 11.3 Å². The summed E-state index contributed by atoms with van der Waals surface area (Å²) in [5.41, 5.74) is 9.53. The Labute approximate surface area is 121 Å². The lowest BCUT2D eigenvalue weighted by Gasteiger charge is -2.14. The van der Waals surface area contributed by atoms with Gasteiger partial charge >= 0.3 is 0 Å². The zero-order valence-electron chi connectivity index (χ0n) is 12.5. The van der Waals surface area contributed by atoms with Gasteiger partial charge in [0.25, 0.3) is 0 Å². The quantitative estimate of drug-likeness (QED) is 0.872. The second kappa shape index (κ2) is 6.58. The molecule has 0 fully saturated rings. The molecule has 2 N–H and O–H groups in total. The van der Waals surface area contributed by atoms with E-state index in [1.54, 1.807) is 0 Å². The minimum absolute atomic E-state index is 0.0190. The summed E-state index contributed by atoms with van der Waals surface area (Å²) in [5, 5.41) is 0. The predicted molar refractivity (Wildman–Crippen MR) is 83.9 cm³/mol. The van der Waals surface area contributed by atoms with Gasteiger partial charge < -0.3 is 10.5 Å². The summed E-state index contributed by atoms with van der Waals surface area (Å²) in [6.07, 6.45) is 0. The van der Waals surface area contributed by atoms with Gasteiger partial charge in [0.1, 0.15) is 12.4 Å². The molecule has 0 spiro atoms. The third-order valence-electron chi connectivity index (χ3n) is 3.45. The van der Waals surface area contributed by atoms with Crippen molar-refractivity contribution in [1.82, 2.24) is 0 Å². The van der Waals surface area contributed by atoms with E-state index in [1.807, 2.05) is 31.2 Å². The highest BCUT2D eigenvalue weighted by Gasteiger charge is 2.07. The van der Waals surface area contributed by atoms with Gasteiger partial charge in [-0.25, -0.2) is 0 Å². The third kappa shape index (κ3) is 3.61. The molecular weight excluding hydrogens is 246 g/mol. The van der Waals surface area contributed by atoms with Crippen LogP contribution in [0.3, 0.4) is 0 Å². The average molecular weight is 269 g/mol. The molecule has 0 bridgehead atoms. The number of para-hydroxylation sites is 1. The van der Waals surface area contributed by atoms with E-state index in [9.17, 15) is 0 Å². The number of nitrogens with two attached hydrogens (primary N) is 1. The molecule has 0 unspecified atom stereocenters. The van der Waals surface area contributed by atoms with Crippen molar-refractivity contribution < 1.29 is 4.74 Å². The van der Waals surface area contributed by atoms with Crippen LogP contribution >= 0.6 is 0 Å². The molecule has 0 aliphatic carbocycles. The zero-order chi connectivity index (χ0) is 14.5. The van der Waals surface area contributed by atoms with E-state index in [-0.39, 0.29) is 6.04 Å². The summed E-state index contributed by atoms with van der Waals surface area (Å²) < 4.78 is 5.90. The van der Waals surface area contributed by atoms with Crippen LogP contribution in [0.1, 0.15) is 49.4 Å². The molecule has 0 aliphatic rings. The molecule has 2 aromatic rings. The van der Waals surface area contributed by atoms with Gasteiger partial charge in [0.15, 0.2) is 0 Å². The molecule has 2 rings (SSSR count). The van der Waals surface area contributed by atoms with Crippen LogP contribution in [0.2, 0.25) is 0 Å². The van der Waals surface area contributed by atoms with Gasteiger partial charge in [-0.15, -0.1) is 0 Å². The van der Waals surface area contributed by atoms with E-state index >= 15 is 0 Å². The molecule has 0 aromatic heterocycles. The standard InChI is InChI=1S/C18H23NO/c1-13(2)16-10-8-15(9-11-16)12-20-18-7-5-4-6-17(18)14(3)19/h4-11,13-14H,12,19H2,1-3H3/t14-/m1/s1. The maximum absolute atomic E-state index is 5.96. The molecule has 106 valence electrons. The van der Waals surface area contributed by atoms with E-state index in [0.29, 0.717) is 12.5 Å². The van der Waals surface area contributed by atoms with Crippen LogP contribution in [0.4, 0.5) is 0 Å². The lowest BCUT2D eigenvalue weighted by atomic mass is 10.0. The first-order chi connectivity index (χ1) is 9.58. The van der Waals surface area contributed by atoms with Crippen molar-refractivity contribution in [2.75, 3.05) is 0 Å². The molecule has 2 heteroatoms. The SMILES string of the molecule is CC(C)c1ccc(COc2ccccc2[C@@H](C)N)cc1. The van der Waals surface area contributed by atoms with Crippen LogP contribution in [0.5, 0.6) is 5.75 Å². The van der Waals surface area contributed by atoms with Gasteiger partial charge in [-0.05, 0) is 30.0 Å². The number of ether oxygens (including phenoxy) is 1. The Balaban J connectivity index is 2.05. The van der Waals surface area contributed by atoms with Crippen molar-refractivity contribution in [1.29, 1.82) is 0 Å². The highest BCUT2D eigenvalue weighted by atomic mass is 16.5. The van der Waals surface area contributed by atoms with E-state index in [4.69, 9.17) is 10.5 Å². The fourth-order valence-electron chi connectivity index (χ4n) is 2.15. The summed E-state index contributed by atoms with van der Waals surface area (Å²) >= 11 is 0. The summed E-state index contributed by atoms with van der Waals surface area (Å²) in [5.74, 6) is 1.43. The van der Waals surface area contributed by atoms with Gasteiger partial charge in [0.05, 0.1) is 0 Å². The molecule has 1 atom stereocenters. The lowest BCUT2D eigenvalue weighted by Crippen LogP contribution is -2.08. The van der Waals surface area contributed by atoms with Crippen molar-refractivity contribution in [3.05, 3.63) is 65.2 Å². The lowest BCUT2D eigenvalue weighted by molar-refractivity contribution is 0.301. The highest BCUT2D eigenvalue weighted by Crippen LogP contribution is 2.24. The van der Waals surface area contributed by atoms with Crippen LogP contribution in [0, 0.1) is 0 Å². The molecule has 0 saturated heterocycles. The van der Waals surface area contributed by atoms with Gasteiger partial charge in [-0.2, -0.15) is 0 Å². The van der Waals surface area contributed by atoms with Crippen molar-refractivity contribution in [3.63, 3.8) is 0 Å². The van der Waals surface area contributed by atoms with E-state index in [2.05, 4.69) is 38.1 Å². The van der Waals surface area contributed by atoms with E-state index < -0.39 is 0 Å². The molecule has 2 aromatic carbocycles. The van der Waals surface area contributed by atoms with Crippen LogP contribution in [0.15, 0.2) is 48.5 Å². The predicted octanol–water partition coefficient (Wildman–Crippen LogP) is 4.41. The number of rotatable bonds is 5. The van der Waals surface area contributed by atoms with Crippen LogP contribution in [-0.4, -0.2) is 0 Å². The molecule has 0 saturated carbocycles. The number of benzene rings is 2. The second-order valence-corrected chi connectivity index (χ2v) is 5.51. The third-order valence-corrected chi connectivity index (χ3v) is 3.45. The molecule has 20 heavy (non-hydrogen) atoms. The maximum atomic E-state index is 5.96. The number of hydrogen-bond donors (Lipinski definition) is 1. The van der Waals surface area contributed by atoms with Gasteiger partial charge in [0, 0.05) is 11.6 Å². The molecule has 0 amide bonds. The fourth-order valence-corrected chi connectivity index (χ4v) is 2.15. The Morgan fingerprint density at radius 1 is 0.950 bits per heavy atom. The summed E-state index contributed by atoms with van der Waals surface area (Å²) in [7, 11) is 0. The Morgan fingerprint density at radius 2 is 1.60 bits per heavy atom.